The van der Waals surface area contributed by atoms with E-state index in [4.69, 9.17) is 4.42 Å². The first-order valence-corrected chi connectivity index (χ1v) is 10.7. The lowest BCUT2D eigenvalue weighted by atomic mass is 10.0. The summed E-state index contributed by atoms with van der Waals surface area (Å²) in [5.74, 6) is 1.93. The zero-order chi connectivity index (χ0) is 18.6. The van der Waals surface area contributed by atoms with Crippen molar-refractivity contribution >= 4 is 0 Å². The summed E-state index contributed by atoms with van der Waals surface area (Å²) in [5, 5.41) is 0. The monoisotopic (exact) mass is 353 g/mol. The zero-order valence-electron chi connectivity index (χ0n) is 17.2. The number of hydrogen-bond acceptors (Lipinski definition) is 0. The van der Waals surface area contributed by atoms with E-state index in [-0.39, 0.29) is 0 Å². The van der Waals surface area contributed by atoms with Gasteiger partial charge in [-0.1, -0.05) is 89.0 Å². The summed E-state index contributed by atoms with van der Waals surface area (Å²) in [4.78, 5) is 0. The van der Waals surface area contributed by atoms with Gasteiger partial charge in [0.2, 0.25) is 0 Å². The van der Waals surface area contributed by atoms with Crippen LogP contribution in [-0.2, 0) is 6.42 Å². The average Bonchev–Trinajstić information content (AvgIpc) is 2.63. The lowest BCUT2D eigenvalue weighted by Crippen LogP contribution is -1.88. The van der Waals surface area contributed by atoms with Gasteiger partial charge in [0.25, 0.3) is 0 Å². The van der Waals surface area contributed by atoms with Crippen LogP contribution in [0.2, 0.25) is 0 Å². The Labute approximate surface area is 160 Å². The maximum absolute atomic E-state index is 5.58. The number of benzene rings is 1. The highest BCUT2D eigenvalue weighted by atomic mass is 16.3. The molecule has 1 aromatic heterocycles. The van der Waals surface area contributed by atoms with Crippen LogP contribution in [0.3, 0.4) is 0 Å². The Bertz CT molecular complexity index is 607. The molecule has 0 N–H and O–H groups in total. The van der Waals surface area contributed by atoms with Crippen molar-refractivity contribution in [2.24, 2.45) is 0 Å². The lowest BCUT2D eigenvalue weighted by molar-refractivity contribution is 0.487. The van der Waals surface area contributed by atoms with Crippen molar-refractivity contribution in [2.75, 3.05) is 0 Å². The third-order valence-electron chi connectivity index (χ3n) is 5.15. The SMILES string of the molecule is CCCCCCCCCCCCc1ccc(-c2cc(C)[o+]c(C)c2)cc1. The van der Waals surface area contributed by atoms with Crippen molar-refractivity contribution in [1.82, 2.24) is 0 Å². The summed E-state index contributed by atoms with van der Waals surface area (Å²) in [6.07, 6.45) is 15.2. The Morgan fingerprint density at radius 2 is 1.12 bits per heavy atom. The van der Waals surface area contributed by atoms with E-state index in [9.17, 15) is 0 Å². The molecule has 1 heteroatoms. The van der Waals surface area contributed by atoms with Crippen LogP contribution in [0, 0.1) is 13.8 Å². The smallest absolute Gasteiger partial charge is 0.218 e. The Morgan fingerprint density at radius 1 is 0.615 bits per heavy atom. The molecule has 0 saturated carbocycles. The van der Waals surface area contributed by atoms with Gasteiger partial charge in [-0.2, -0.15) is 0 Å². The van der Waals surface area contributed by atoms with E-state index in [0.29, 0.717) is 0 Å². The molecule has 2 rings (SSSR count). The van der Waals surface area contributed by atoms with Crippen LogP contribution < -0.4 is 0 Å². The standard InChI is InChI=1S/C25H37O/c1-4-5-6-7-8-9-10-11-12-13-14-23-15-17-24(18-16-23)25-19-21(2)26-22(3)20-25/h15-20H,4-14H2,1-3H3/q+1. The number of unbranched alkanes of at least 4 members (excludes halogenated alkanes) is 9. The minimum atomic E-state index is 0.967. The van der Waals surface area contributed by atoms with Crippen molar-refractivity contribution in [3.05, 3.63) is 53.5 Å². The summed E-state index contributed by atoms with van der Waals surface area (Å²) < 4.78 is 5.58. The van der Waals surface area contributed by atoms with Crippen molar-refractivity contribution < 1.29 is 4.42 Å². The predicted octanol–water partition coefficient (Wildman–Crippen LogP) is 8.31. The molecule has 0 unspecified atom stereocenters. The highest BCUT2D eigenvalue weighted by Gasteiger charge is 2.09. The van der Waals surface area contributed by atoms with Crippen LogP contribution in [0.1, 0.15) is 88.2 Å². The van der Waals surface area contributed by atoms with Gasteiger partial charge in [0.15, 0.2) is 0 Å². The summed E-state index contributed by atoms with van der Waals surface area (Å²) >= 11 is 0. The van der Waals surface area contributed by atoms with Gasteiger partial charge in [-0.25, -0.2) is 4.42 Å². The molecule has 0 aliphatic heterocycles. The van der Waals surface area contributed by atoms with Crippen molar-refractivity contribution in [3.63, 3.8) is 0 Å². The molecule has 0 aliphatic carbocycles. The normalized spacial score (nSPS) is 11.0. The lowest BCUT2D eigenvalue weighted by Gasteiger charge is -2.05. The first-order chi connectivity index (χ1) is 12.7. The van der Waals surface area contributed by atoms with Gasteiger partial charge in [0.05, 0.1) is 13.8 Å². The second-order valence-electron chi connectivity index (χ2n) is 7.70. The molecular formula is C25H37O+. The van der Waals surface area contributed by atoms with E-state index >= 15 is 0 Å². The third-order valence-corrected chi connectivity index (χ3v) is 5.15. The van der Waals surface area contributed by atoms with Crippen LogP contribution in [0.5, 0.6) is 0 Å². The van der Waals surface area contributed by atoms with Gasteiger partial charge < -0.3 is 0 Å². The molecule has 0 bridgehead atoms. The van der Waals surface area contributed by atoms with Gasteiger partial charge in [0.1, 0.15) is 0 Å². The third kappa shape index (κ3) is 7.72. The van der Waals surface area contributed by atoms with E-state index in [2.05, 4.69) is 43.3 Å². The summed E-state index contributed by atoms with van der Waals surface area (Å²) in [6.45, 7) is 6.31. The minimum Gasteiger partial charge on any atom is -0.218 e. The molecule has 142 valence electrons. The largest absolute Gasteiger partial charge is 0.327 e. The van der Waals surface area contributed by atoms with Gasteiger partial charge in [-0.05, 0) is 29.5 Å². The van der Waals surface area contributed by atoms with E-state index in [1.807, 2.05) is 13.8 Å². The van der Waals surface area contributed by atoms with Crippen molar-refractivity contribution in [2.45, 2.75) is 91.4 Å². The van der Waals surface area contributed by atoms with Crippen LogP contribution in [0.15, 0.2) is 40.8 Å². The second kappa shape index (κ2) is 11.9. The Morgan fingerprint density at radius 3 is 1.65 bits per heavy atom. The van der Waals surface area contributed by atoms with Gasteiger partial charge in [0, 0.05) is 12.1 Å². The molecule has 1 heterocycles. The molecule has 26 heavy (non-hydrogen) atoms. The first-order valence-electron chi connectivity index (χ1n) is 10.7. The number of rotatable bonds is 12. The topological polar surface area (TPSA) is 11.3 Å². The summed E-state index contributed by atoms with van der Waals surface area (Å²) in [6, 6.07) is 13.3. The summed E-state index contributed by atoms with van der Waals surface area (Å²) in [5.41, 5.74) is 3.98. The van der Waals surface area contributed by atoms with E-state index < -0.39 is 0 Å². The Kier molecular flexibility index (Phi) is 9.45. The van der Waals surface area contributed by atoms with Gasteiger partial charge in [-0.15, -0.1) is 0 Å². The molecule has 0 saturated heterocycles. The maximum Gasteiger partial charge on any atom is 0.327 e. The van der Waals surface area contributed by atoms with E-state index in [1.54, 1.807) is 0 Å². The molecule has 2 aromatic rings. The molecule has 1 nitrogen and oxygen atoms in total. The Hall–Kier alpha value is -1.63. The van der Waals surface area contributed by atoms with Crippen molar-refractivity contribution in [3.8, 4) is 11.1 Å². The summed E-state index contributed by atoms with van der Waals surface area (Å²) in [7, 11) is 0. The fraction of sp³-hybridized carbons (Fsp3) is 0.560. The average molecular weight is 354 g/mol. The quantitative estimate of drug-likeness (QED) is 0.276. The van der Waals surface area contributed by atoms with Crippen molar-refractivity contribution in [1.29, 1.82) is 0 Å². The molecule has 0 fully saturated rings. The molecule has 1 aromatic carbocycles. The molecule has 0 aliphatic rings. The first kappa shape index (κ1) is 20.7. The second-order valence-corrected chi connectivity index (χ2v) is 7.70. The fourth-order valence-corrected chi connectivity index (χ4v) is 3.64. The van der Waals surface area contributed by atoms with E-state index in [1.165, 1.54) is 87.3 Å². The van der Waals surface area contributed by atoms with Crippen LogP contribution >= 0.6 is 0 Å². The van der Waals surface area contributed by atoms with Gasteiger partial charge in [-0.3, -0.25) is 0 Å². The highest BCUT2D eigenvalue weighted by molar-refractivity contribution is 5.64. The zero-order valence-corrected chi connectivity index (χ0v) is 17.2. The van der Waals surface area contributed by atoms with Crippen LogP contribution in [0.4, 0.5) is 0 Å². The Balaban J connectivity index is 1.63. The maximum atomic E-state index is 5.58. The molecule has 0 radical (unpaired) electrons. The van der Waals surface area contributed by atoms with Crippen LogP contribution in [0.25, 0.3) is 11.1 Å². The minimum absolute atomic E-state index is 0.967. The molecule has 0 spiro atoms. The molecule has 0 atom stereocenters. The molecular weight excluding hydrogens is 316 g/mol. The number of aryl methyl sites for hydroxylation is 3. The molecule has 0 amide bonds. The highest BCUT2D eigenvalue weighted by Crippen LogP contribution is 2.23. The fourth-order valence-electron chi connectivity index (χ4n) is 3.64. The predicted molar refractivity (Wildman–Crippen MR) is 114 cm³/mol. The van der Waals surface area contributed by atoms with E-state index in [0.717, 1.165) is 11.5 Å². The van der Waals surface area contributed by atoms with Crippen LogP contribution in [-0.4, -0.2) is 0 Å². The number of hydrogen-bond donors (Lipinski definition) is 0. The van der Waals surface area contributed by atoms with Gasteiger partial charge >= 0.3 is 11.5 Å².